The standard InChI is InChI=1S/C13H21N5O2/c1-2-10-15-16-12(19-10)18-8-13(20-11(18)14)7-17-5-3-9(13)4-6-17/h9,11H,2-8,14H2,1H3. The third-order valence-electron chi connectivity index (χ3n) is 4.93. The van der Waals surface area contributed by atoms with E-state index < -0.39 is 6.35 Å². The molecule has 2 unspecified atom stereocenters. The monoisotopic (exact) mass is 279 g/mol. The van der Waals surface area contributed by atoms with Crippen LogP contribution >= 0.6 is 0 Å². The molecule has 7 heteroatoms. The smallest absolute Gasteiger partial charge is 0.321 e. The summed E-state index contributed by atoms with van der Waals surface area (Å²) in [6, 6.07) is 0.489. The van der Waals surface area contributed by atoms with E-state index in [1.165, 1.54) is 25.9 Å². The molecule has 5 rings (SSSR count). The zero-order valence-corrected chi connectivity index (χ0v) is 11.8. The van der Waals surface area contributed by atoms with Crippen molar-refractivity contribution in [3.63, 3.8) is 0 Å². The van der Waals surface area contributed by atoms with Gasteiger partial charge in [-0.3, -0.25) is 10.6 Å². The molecule has 7 nitrogen and oxygen atoms in total. The first-order valence-corrected chi connectivity index (χ1v) is 7.45. The van der Waals surface area contributed by atoms with E-state index in [-0.39, 0.29) is 5.60 Å². The summed E-state index contributed by atoms with van der Waals surface area (Å²) in [4.78, 5) is 4.38. The molecular formula is C13H21N5O2. The van der Waals surface area contributed by atoms with Gasteiger partial charge in [-0.15, -0.1) is 5.10 Å². The number of rotatable bonds is 2. The van der Waals surface area contributed by atoms with Gasteiger partial charge >= 0.3 is 6.01 Å². The van der Waals surface area contributed by atoms with Crippen molar-refractivity contribution < 1.29 is 9.15 Å². The van der Waals surface area contributed by atoms with E-state index in [0.29, 0.717) is 17.8 Å². The molecule has 2 atom stereocenters. The molecule has 1 aromatic heterocycles. The van der Waals surface area contributed by atoms with Gasteiger partial charge in [0.1, 0.15) is 5.60 Å². The Balaban J connectivity index is 1.58. The molecule has 4 fully saturated rings. The number of nitrogens with zero attached hydrogens (tertiary/aromatic N) is 4. The molecule has 1 spiro atoms. The molecule has 2 bridgehead atoms. The van der Waals surface area contributed by atoms with E-state index in [1.54, 1.807) is 0 Å². The minimum absolute atomic E-state index is 0.156. The molecular weight excluding hydrogens is 258 g/mol. The number of hydrogen-bond acceptors (Lipinski definition) is 7. The van der Waals surface area contributed by atoms with E-state index in [0.717, 1.165) is 19.5 Å². The fourth-order valence-corrected chi connectivity index (χ4v) is 3.84. The molecule has 0 aliphatic carbocycles. The largest absolute Gasteiger partial charge is 0.408 e. The van der Waals surface area contributed by atoms with Gasteiger partial charge in [0.25, 0.3) is 0 Å². The van der Waals surface area contributed by atoms with Gasteiger partial charge in [-0.05, 0) is 31.8 Å². The fraction of sp³-hybridized carbons (Fsp3) is 0.846. The maximum Gasteiger partial charge on any atom is 0.321 e. The zero-order chi connectivity index (χ0) is 13.7. The van der Waals surface area contributed by atoms with Gasteiger partial charge < -0.3 is 14.1 Å². The Morgan fingerprint density at radius 3 is 2.70 bits per heavy atom. The number of fused-ring (bicyclic) bond motifs is 2. The van der Waals surface area contributed by atoms with Crippen LogP contribution in [0.3, 0.4) is 0 Å². The average molecular weight is 279 g/mol. The molecule has 2 N–H and O–H groups in total. The number of aryl methyl sites for hydroxylation is 1. The summed E-state index contributed by atoms with van der Waals surface area (Å²) in [5.41, 5.74) is 6.00. The molecule has 5 heterocycles. The predicted molar refractivity (Wildman–Crippen MR) is 72.0 cm³/mol. The molecule has 1 aromatic rings. The number of piperidine rings is 3. The Bertz CT molecular complexity index is 499. The van der Waals surface area contributed by atoms with Crippen LogP contribution in [-0.4, -0.2) is 53.2 Å². The highest BCUT2D eigenvalue weighted by Crippen LogP contribution is 2.43. The maximum atomic E-state index is 6.17. The van der Waals surface area contributed by atoms with Crippen LogP contribution < -0.4 is 10.6 Å². The van der Waals surface area contributed by atoms with Crippen molar-refractivity contribution in [2.24, 2.45) is 11.7 Å². The van der Waals surface area contributed by atoms with Crippen LogP contribution in [0, 0.1) is 5.92 Å². The second-order valence-electron chi connectivity index (χ2n) is 6.08. The third-order valence-corrected chi connectivity index (χ3v) is 4.93. The van der Waals surface area contributed by atoms with Crippen LogP contribution in [0.4, 0.5) is 6.01 Å². The second kappa shape index (κ2) is 4.41. The van der Waals surface area contributed by atoms with Gasteiger partial charge in [0.15, 0.2) is 6.35 Å². The summed E-state index contributed by atoms with van der Waals surface area (Å²) >= 11 is 0. The van der Waals surface area contributed by atoms with Crippen molar-refractivity contribution in [1.29, 1.82) is 0 Å². The maximum absolute atomic E-state index is 6.17. The normalized spacial score (nSPS) is 39.9. The van der Waals surface area contributed by atoms with Crippen molar-refractivity contribution in [2.45, 2.75) is 38.1 Å². The number of ether oxygens (including phenoxy) is 1. The van der Waals surface area contributed by atoms with Crippen LogP contribution in [0.25, 0.3) is 0 Å². The lowest BCUT2D eigenvalue weighted by Crippen LogP contribution is -2.61. The Labute approximate surface area is 118 Å². The minimum Gasteiger partial charge on any atom is -0.408 e. The van der Waals surface area contributed by atoms with Crippen molar-refractivity contribution in [3.05, 3.63) is 5.89 Å². The molecule has 110 valence electrons. The lowest BCUT2D eigenvalue weighted by molar-refractivity contribution is -0.137. The predicted octanol–water partition coefficient (Wildman–Crippen LogP) is 0.175. The van der Waals surface area contributed by atoms with Crippen molar-refractivity contribution in [2.75, 3.05) is 31.1 Å². The van der Waals surface area contributed by atoms with Crippen molar-refractivity contribution >= 4 is 6.01 Å². The number of aromatic nitrogens is 2. The summed E-state index contributed by atoms with van der Waals surface area (Å²) in [5.74, 6) is 1.24. The highest BCUT2D eigenvalue weighted by molar-refractivity contribution is 5.30. The molecule has 20 heavy (non-hydrogen) atoms. The molecule has 0 amide bonds. The van der Waals surface area contributed by atoms with E-state index in [2.05, 4.69) is 15.1 Å². The van der Waals surface area contributed by atoms with Gasteiger partial charge in [-0.25, -0.2) is 0 Å². The summed E-state index contributed by atoms with van der Waals surface area (Å²) in [5, 5.41) is 8.11. The molecule has 4 aliphatic heterocycles. The van der Waals surface area contributed by atoms with Crippen LogP contribution in [0.5, 0.6) is 0 Å². The first kappa shape index (κ1) is 12.6. The Morgan fingerprint density at radius 1 is 1.30 bits per heavy atom. The van der Waals surface area contributed by atoms with Crippen molar-refractivity contribution in [3.8, 4) is 0 Å². The molecule has 0 saturated carbocycles. The molecule has 4 saturated heterocycles. The van der Waals surface area contributed by atoms with Gasteiger partial charge in [-0.1, -0.05) is 12.0 Å². The van der Waals surface area contributed by atoms with Gasteiger partial charge in [0.05, 0.1) is 6.54 Å². The quantitative estimate of drug-likeness (QED) is 0.826. The summed E-state index contributed by atoms with van der Waals surface area (Å²) < 4.78 is 11.8. The Hall–Kier alpha value is -1.18. The summed E-state index contributed by atoms with van der Waals surface area (Å²) in [6.45, 7) is 6.08. The Kier molecular flexibility index (Phi) is 2.77. The molecule has 0 aromatic carbocycles. The number of hydrogen-bond donors (Lipinski definition) is 1. The van der Waals surface area contributed by atoms with E-state index in [1.807, 2.05) is 11.8 Å². The molecule has 4 aliphatic rings. The van der Waals surface area contributed by atoms with E-state index in [9.17, 15) is 0 Å². The van der Waals surface area contributed by atoms with Crippen LogP contribution in [0.1, 0.15) is 25.7 Å². The lowest BCUT2D eigenvalue weighted by Gasteiger charge is -2.50. The second-order valence-corrected chi connectivity index (χ2v) is 6.08. The van der Waals surface area contributed by atoms with Crippen LogP contribution in [0.15, 0.2) is 4.42 Å². The lowest BCUT2D eigenvalue weighted by atomic mass is 9.75. The third kappa shape index (κ3) is 1.77. The van der Waals surface area contributed by atoms with Gasteiger partial charge in [0, 0.05) is 13.0 Å². The van der Waals surface area contributed by atoms with Crippen molar-refractivity contribution in [1.82, 2.24) is 15.1 Å². The SMILES string of the molecule is CCc1nnc(N2CC3(CN4CCC3CC4)OC2N)o1. The molecule has 0 radical (unpaired) electrons. The fourth-order valence-electron chi connectivity index (χ4n) is 3.84. The Morgan fingerprint density at radius 2 is 2.10 bits per heavy atom. The van der Waals surface area contributed by atoms with E-state index >= 15 is 0 Å². The number of nitrogens with two attached hydrogens (primary N) is 1. The van der Waals surface area contributed by atoms with Gasteiger partial charge in [0.2, 0.25) is 5.89 Å². The summed E-state index contributed by atoms with van der Waals surface area (Å²) in [7, 11) is 0. The minimum atomic E-state index is -0.485. The number of anilines is 1. The highest BCUT2D eigenvalue weighted by Gasteiger charge is 2.55. The topological polar surface area (TPSA) is 80.7 Å². The zero-order valence-electron chi connectivity index (χ0n) is 11.8. The highest BCUT2D eigenvalue weighted by atomic mass is 16.6. The van der Waals surface area contributed by atoms with Crippen LogP contribution in [-0.2, 0) is 11.2 Å². The summed E-state index contributed by atoms with van der Waals surface area (Å²) in [6.07, 6.45) is 2.65. The van der Waals surface area contributed by atoms with Crippen LogP contribution in [0.2, 0.25) is 0 Å². The first-order chi connectivity index (χ1) is 9.70. The van der Waals surface area contributed by atoms with Gasteiger partial charge in [-0.2, -0.15) is 0 Å². The average Bonchev–Trinajstić information content (AvgIpc) is 3.05. The van der Waals surface area contributed by atoms with E-state index in [4.69, 9.17) is 14.9 Å². The first-order valence-electron chi connectivity index (χ1n) is 7.45.